The highest BCUT2D eigenvalue weighted by Gasteiger charge is 2.26. The Morgan fingerprint density at radius 2 is 2.14 bits per heavy atom. The Kier molecular flexibility index (Phi) is 5.89. The molecule has 7 nitrogen and oxygen atoms in total. The van der Waals surface area contributed by atoms with Crippen molar-refractivity contribution < 1.29 is 9.53 Å². The Hall–Kier alpha value is -2.74. The summed E-state index contributed by atoms with van der Waals surface area (Å²) in [6, 6.07) is 8.14. The van der Waals surface area contributed by atoms with E-state index in [1.165, 1.54) is 0 Å². The van der Waals surface area contributed by atoms with Gasteiger partial charge in [-0.1, -0.05) is 18.2 Å². The lowest BCUT2D eigenvalue weighted by Gasteiger charge is -2.33. The van der Waals surface area contributed by atoms with Gasteiger partial charge in [0.2, 0.25) is 5.91 Å². The number of aromatic nitrogens is 3. The third-order valence-corrected chi connectivity index (χ3v) is 6.02. The average molecular weight is 412 g/mol. The first-order valence-electron chi connectivity index (χ1n) is 9.73. The molecule has 1 aliphatic rings. The van der Waals surface area contributed by atoms with Crippen LogP contribution in [0.1, 0.15) is 12.8 Å². The Morgan fingerprint density at radius 1 is 1.31 bits per heavy atom. The minimum atomic E-state index is -0.0683. The zero-order chi connectivity index (χ0) is 20.2. The smallest absolute Gasteiger partial charge is 0.257 e. The van der Waals surface area contributed by atoms with Gasteiger partial charge < -0.3 is 19.5 Å². The van der Waals surface area contributed by atoms with Gasteiger partial charge in [0.05, 0.1) is 12.3 Å². The van der Waals surface area contributed by atoms with E-state index in [-0.39, 0.29) is 12.0 Å². The van der Waals surface area contributed by atoms with Crippen LogP contribution in [0.5, 0.6) is 5.88 Å². The van der Waals surface area contributed by atoms with Crippen LogP contribution in [0, 0.1) is 0 Å². The van der Waals surface area contributed by atoms with Gasteiger partial charge in [0.25, 0.3) is 5.88 Å². The lowest BCUT2D eigenvalue weighted by molar-refractivity contribution is -0.130. The van der Waals surface area contributed by atoms with E-state index in [9.17, 15) is 4.79 Å². The van der Waals surface area contributed by atoms with Crippen LogP contribution in [0.4, 0.5) is 5.82 Å². The zero-order valence-electron chi connectivity index (χ0n) is 16.7. The molecule has 29 heavy (non-hydrogen) atoms. The predicted molar refractivity (Wildman–Crippen MR) is 116 cm³/mol. The molecule has 0 aliphatic carbocycles. The van der Waals surface area contributed by atoms with Gasteiger partial charge in [-0.05, 0) is 18.9 Å². The molecular weight excluding hydrogens is 386 g/mol. The molecule has 1 aromatic carbocycles. The standard InChI is InChI=1S/C21H25N5O2S/c1-25(2)20-21(23-10-9-22-20)28-15-6-5-11-26(13-15)19(27)14-29-18-12-24-17-8-4-3-7-16(17)18/h3-4,7-10,12,15,24H,5-6,11,13-14H2,1-2H3. The number of anilines is 1. The monoisotopic (exact) mass is 411 g/mol. The quantitative estimate of drug-likeness (QED) is 0.628. The van der Waals surface area contributed by atoms with E-state index in [0.29, 0.717) is 24.0 Å². The molecule has 0 saturated carbocycles. The third kappa shape index (κ3) is 4.48. The second-order valence-corrected chi connectivity index (χ2v) is 8.31. The van der Waals surface area contributed by atoms with Crippen molar-refractivity contribution in [3.8, 4) is 5.88 Å². The fourth-order valence-corrected chi connectivity index (χ4v) is 4.46. The molecule has 0 spiro atoms. The molecule has 1 unspecified atom stereocenters. The normalized spacial score (nSPS) is 16.8. The van der Waals surface area contributed by atoms with Crippen LogP contribution in [0.25, 0.3) is 10.9 Å². The Morgan fingerprint density at radius 3 is 3.00 bits per heavy atom. The molecule has 1 atom stereocenters. The molecule has 1 aliphatic heterocycles. The zero-order valence-corrected chi connectivity index (χ0v) is 17.5. The molecule has 2 aromatic heterocycles. The number of piperidine rings is 1. The lowest BCUT2D eigenvalue weighted by Crippen LogP contribution is -2.45. The molecule has 1 saturated heterocycles. The number of carbonyl (C=O) groups excluding carboxylic acids is 1. The number of fused-ring (bicyclic) bond motifs is 1. The molecule has 3 heterocycles. The maximum Gasteiger partial charge on any atom is 0.257 e. The Balaban J connectivity index is 1.36. The van der Waals surface area contributed by atoms with Crippen molar-refractivity contribution in [1.82, 2.24) is 19.9 Å². The Labute approximate surface area is 174 Å². The van der Waals surface area contributed by atoms with E-state index in [4.69, 9.17) is 4.74 Å². The number of aromatic amines is 1. The lowest BCUT2D eigenvalue weighted by atomic mass is 10.1. The molecule has 0 bridgehead atoms. The number of amides is 1. The summed E-state index contributed by atoms with van der Waals surface area (Å²) < 4.78 is 6.12. The van der Waals surface area contributed by atoms with Crippen LogP contribution in [0.15, 0.2) is 47.8 Å². The molecule has 3 aromatic rings. The second-order valence-electron chi connectivity index (χ2n) is 7.29. The number of hydrogen-bond donors (Lipinski definition) is 1. The van der Waals surface area contributed by atoms with Gasteiger partial charge in [-0.25, -0.2) is 9.97 Å². The van der Waals surface area contributed by atoms with E-state index in [1.807, 2.05) is 48.3 Å². The number of nitrogens with one attached hydrogen (secondary N) is 1. The van der Waals surface area contributed by atoms with Crippen LogP contribution in [-0.2, 0) is 4.79 Å². The SMILES string of the molecule is CN(C)c1nccnc1OC1CCCN(C(=O)CSc2c[nH]c3ccccc23)C1. The number of hydrogen-bond acceptors (Lipinski definition) is 6. The number of ether oxygens (including phenoxy) is 1. The molecule has 152 valence electrons. The van der Waals surface area contributed by atoms with Gasteiger partial charge in [0.1, 0.15) is 6.10 Å². The van der Waals surface area contributed by atoms with Crippen LogP contribution in [0.3, 0.4) is 0 Å². The topological polar surface area (TPSA) is 74.3 Å². The molecule has 1 amide bonds. The predicted octanol–water partition coefficient (Wildman–Crippen LogP) is 3.19. The van der Waals surface area contributed by atoms with Gasteiger partial charge >= 0.3 is 0 Å². The summed E-state index contributed by atoms with van der Waals surface area (Å²) in [5, 5.41) is 1.16. The third-order valence-electron chi connectivity index (χ3n) is 4.98. The first-order chi connectivity index (χ1) is 14.1. The van der Waals surface area contributed by atoms with Gasteiger partial charge in [0.15, 0.2) is 5.82 Å². The maximum atomic E-state index is 12.8. The fourth-order valence-electron chi connectivity index (χ4n) is 3.52. The molecular formula is C21H25N5O2S. The summed E-state index contributed by atoms with van der Waals surface area (Å²) in [5.74, 6) is 1.78. The van der Waals surface area contributed by atoms with Crippen molar-refractivity contribution in [3.05, 3.63) is 42.9 Å². The number of H-pyrrole nitrogens is 1. The summed E-state index contributed by atoms with van der Waals surface area (Å²) in [5.41, 5.74) is 1.09. The molecule has 0 radical (unpaired) electrons. The number of rotatable bonds is 6. The van der Waals surface area contributed by atoms with Crippen molar-refractivity contribution in [2.75, 3.05) is 37.8 Å². The summed E-state index contributed by atoms with van der Waals surface area (Å²) >= 11 is 1.58. The van der Waals surface area contributed by atoms with Crippen molar-refractivity contribution in [2.24, 2.45) is 0 Å². The number of carbonyl (C=O) groups is 1. The summed E-state index contributed by atoms with van der Waals surface area (Å²) in [6.45, 7) is 1.35. The van der Waals surface area contributed by atoms with E-state index in [1.54, 1.807) is 24.2 Å². The minimum absolute atomic E-state index is 0.0683. The van der Waals surface area contributed by atoms with Crippen molar-refractivity contribution in [1.29, 1.82) is 0 Å². The molecule has 8 heteroatoms. The molecule has 1 fully saturated rings. The summed E-state index contributed by atoms with van der Waals surface area (Å²) in [7, 11) is 3.82. The first kappa shape index (κ1) is 19.6. The van der Waals surface area contributed by atoms with Crippen molar-refractivity contribution >= 4 is 34.4 Å². The second kappa shape index (κ2) is 8.73. The van der Waals surface area contributed by atoms with Crippen LogP contribution in [0.2, 0.25) is 0 Å². The van der Waals surface area contributed by atoms with Crippen LogP contribution in [-0.4, -0.2) is 64.8 Å². The molecule has 4 rings (SSSR count). The van der Waals surface area contributed by atoms with Crippen LogP contribution < -0.4 is 9.64 Å². The van der Waals surface area contributed by atoms with Gasteiger partial charge in [-0.3, -0.25) is 4.79 Å². The van der Waals surface area contributed by atoms with Crippen LogP contribution >= 0.6 is 11.8 Å². The highest BCUT2D eigenvalue weighted by atomic mass is 32.2. The van der Waals surface area contributed by atoms with Gasteiger partial charge in [0, 0.05) is 55.0 Å². The number of benzene rings is 1. The number of para-hydroxylation sites is 1. The highest BCUT2D eigenvalue weighted by Crippen LogP contribution is 2.28. The van der Waals surface area contributed by atoms with E-state index >= 15 is 0 Å². The fraction of sp³-hybridized carbons (Fsp3) is 0.381. The summed E-state index contributed by atoms with van der Waals surface area (Å²) in [6.07, 6.45) is 7.02. The van der Waals surface area contributed by atoms with Crippen molar-refractivity contribution in [3.63, 3.8) is 0 Å². The number of nitrogens with zero attached hydrogens (tertiary/aromatic N) is 4. The van der Waals surface area contributed by atoms with E-state index < -0.39 is 0 Å². The maximum absolute atomic E-state index is 12.8. The largest absolute Gasteiger partial charge is 0.470 e. The Bertz CT molecular complexity index is 990. The van der Waals surface area contributed by atoms with Gasteiger partial charge in [-0.2, -0.15) is 0 Å². The van der Waals surface area contributed by atoms with E-state index in [2.05, 4.69) is 21.0 Å². The molecule has 1 N–H and O–H groups in total. The van der Waals surface area contributed by atoms with Gasteiger partial charge in [-0.15, -0.1) is 11.8 Å². The van der Waals surface area contributed by atoms with E-state index in [0.717, 1.165) is 35.2 Å². The first-order valence-corrected chi connectivity index (χ1v) is 10.7. The van der Waals surface area contributed by atoms with Crippen molar-refractivity contribution in [2.45, 2.75) is 23.8 Å². The number of likely N-dealkylation sites (tertiary alicyclic amines) is 1. The minimum Gasteiger partial charge on any atom is -0.470 e. The number of thioether (sulfide) groups is 1. The highest BCUT2D eigenvalue weighted by molar-refractivity contribution is 8.00. The summed E-state index contributed by atoms with van der Waals surface area (Å²) in [4.78, 5) is 29.6. The average Bonchev–Trinajstić information content (AvgIpc) is 3.15.